The molecule has 1 aromatic carbocycles. The Labute approximate surface area is 142 Å². The first-order valence-corrected chi connectivity index (χ1v) is 9.59. The van der Waals surface area contributed by atoms with Crippen LogP contribution in [-0.2, 0) is 9.84 Å². The van der Waals surface area contributed by atoms with Gasteiger partial charge in [-0.1, -0.05) is 6.92 Å². The molecule has 0 radical (unpaired) electrons. The Hall–Kier alpha value is -2.29. The first-order valence-electron chi connectivity index (χ1n) is 7.69. The Bertz CT molecular complexity index is 768. The maximum atomic E-state index is 12.0. The van der Waals surface area contributed by atoms with Gasteiger partial charge in [-0.2, -0.15) is 4.99 Å². The van der Waals surface area contributed by atoms with E-state index in [-0.39, 0.29) is 22.5 Å². The van der Waals surface area contributed by atoms with Crippen molar-refractivity contribution in [3.63, 3.8) is 0 Å². The van der Waals surface area contributed by atoms with Gasteiger partial charge >= 0.3 is 0 Å². The molecule has 0 aromatic heterocycles. The number of anilines is 1. The molecule has 1 fully saturated rings. The Morgan fingerprint density at radius 3 is 2.58 bits per heavy atom. The Balaban J connectivity index is 2.48. The zero-order valence-corrected chi connectivity index (χ0v) is 14.8. The van der Waals surface area contributed by atoms with Crippen molar-refractivity contribution in [3.8, 4) is 0 Å². The van der Waals surface area contributed by atoms with Crippen molar-refractivity contribution in [2.75, 3.05) is 24.2 Å². The van der Waals surface area contributed by atoms with E-state index in [1.165, 1.54) is 6.42 Å². The van der Waals surface area contributed by atoms with Crippen molar-refractivity contribution < 1.29 is 8.42 Å². The van der Waals surface area contributed by atoms with Crippen molar-refractivity contribution in [1.82, 2.24) is 0 Å². The van der Waals surface area contributed by atoms with Crippen LogP contribution in [0.3, 0.4) is 0 Å². The van der Waals surface area contributed by atoms with Crippen molar-refractivity contribution >= 4 is 33.1 Å². The van der Waals surface area contributed by atoms with Gasteiger partial charge in [-0.3, -0.25) is 0 Å². The standard InChI is InChI=1S/C15H24N6O2S/c1-10-4-3-7-21(9-10)11-5-6-13(24(2,22)23)12(8-11)19-15(18)20-14(16)17/h5-6,8,10H,3-4,7,9H2,1-2H3,(H6,16,17,18,19,20). The summed E-state index contributed by atoms with van der Waals surface area (Å²) in [7, 11) is -3.46. The van der Waals surface area contributed by atoms with E-state index in [0.717, 1.165) is 31.5 Å². The smallest absolute Gasteiger partial charge is 0.223 e. The summed E-state index contributed by atoms with van der Waals surface area (Å²) in [5.74, 6) is 0.161. The number of aliphatic imine (C=N–C) groups is 2. The van der Waals surface area contributed by atoms with Crippen LogP contribution in [0.5, 0.6) is 0 Å². The van der Waals surface area contributed by atoms with Crippen molar-refractivity contribution in [2.24, 2.45) is 33.1 Å². The van der Waals surface area contributed by atoms with Gasteiger partial charge in [0.15, 0.2) is 15.8 Å². The van der Waals surface area contributed by atoms with Gasteiger partial charge in [0.05, 0.1) is 10.6 Å². The fourth-order valence-corrected chi connectivity index (χ4v) is 3.61. The molecule has 0 amide bonds. The molecule has 24 heavy (non-hydrogen) atoms. The lowest BCUT2D eigenvalue weighted by Crippen LogP contribution is -2.34. The van der Waals surface area contributed by atoms with E-state index in [2.05, 4.69) is 21.8 Å². The predicted molar refractivity (Wildman–Crippen MR) is 97.3 cm³/mol. The van der Waals surface area contributed by atoms with E-state index in [1.54, 1.807) is 18.2 Å². The number of piperidine rings is 1. The summed E-state index contributed by atoms with van der Waals surface area (Å²) in [5, 5.41) is 0. The maximum absolute atomic E-state index is 12.0. The lowest BCUT2D eigenvalue weighted by Gasteiger charge is -2.33. The van der Waals surface area contributed by atoms with E-state index >= 15 is 0 Å². The molecular formula is C15H24N6O2S. The molecule has 0 bridgehead atoms. The van der Waals surface area contributed by atoms with Crippen molar-refractivity contribution in [3.05, 3.63) is 18.2 Å². The van der Waals surface area contributed by atoms with Crippen molar-refractivity contribution in [1.29, 1.82) is 0 Å². The molecule has 1 saturated heterocycles. The van der Waals surface area contributed by atoms with E-state index < -0.39 is 9.84 Å². The molecular weight excluding hydrogens is 328 g/mol. The molecule has 0 saturated carbocycles. The monoisotopic (exact) mass is 352 g/mol. The predicted octanol–water partition coefficient (Wildman–Crippen LogP) is 0.546. The molecule has 1 atom stereocenters. The number of hydrogen-bond donors (Lipinski definition) is 3. The second-order valence-electron chi connectivity index (χ2n) is 6.12. The van der Waals surface area contributed by atoms with Crippen molar-refractivity contribution in [2.45, 2.75) is 24.7 Å². The fourth-order valence-electron chi connectivity index (χ4n) is 2.81. The number of rotatable bonds is 3. The molecule has 1 aromatic rings. The highest BCUT2D eigenvalue weighted by atomic mass is 32.2. The second-order valence-corrected chi connectivity index (χ2v) is 8.11. The number of nitrogens with two attached hydrogens (primary N) is 3. The molecule has 6 N–H and O–H groups in total. The minimum Gasteiger partial charge on any atom is -0.371 e. The quantitative estimate of drug-likeness (QED) is 0.536. The Morgan fingerprint density at radius 1 is 1.29 bits per heavy atom. The molecule has 0 spiro atoms. The van der Waals surface area contributed by atoms with Gasteiger partial charge in [0.2, 0.25) is 5.96 Å². The second kappa shape index (κ2) is 7.08. The Kier molecular flexibility index (Phi) is 5.33. The molecule has 9 heteroatoms. The Morgan fingerprint density at radius 2 is 2.00 bits per heavy atom. The van der Waals surface area contributed by atoms with Crippen LogP contribution < -0.4 is 22.1 Å². The number of guanidine groups is 2. The van der Waals surface area contributed by atoms with Gasteiger partial charge in [0, 0.05) is 25.0 Å². The largest absolute Gasteiger partial charge is 0.371 e. The lowest BCUT2D eigenvalue weighted by molar-refractivity contribution is 0.447. The zero-order valence-electron chi connectivity index (χ0n) is 13.9. The third kappa shape index (κ3) is 4.60. The maximum Gasteiger partial charge on any atom is 0.223 e. The normalized spacial score (nSPS) is 19.2. The highest BCUT2D eigenvalue weighted by molar-refractivity contribution is 7.90. The molecule has 132 valence electrons. The van der Waals surface area contributed by atoms with Gasteiger partial charge in [0.1, 0.15) is 0 Å². The summed E-state index contributed by atoms with van der Waals surface area (Å²) in [6.07, 6.45) is 3.42. The van der Waals surface area contributed by atoms with Crippen LogP contribution in [0, 0.1) is 5.92 Å². The number of nitrogens with zero attached hydrogens (tertiary/aromatic N) is 3. The van der Waals surface area contributed by atoms with Crippen LogP contribution in [-0.4, -0.2) is 39.7 Å². The number of hydrogen-bond acceptors (Lipinski definition) is 4. The summed E-state index contributed by atoms with van der Waals surface area (Å²) >= 11 is 0. The number of sulfone groups is 1. The van der Waals surface area contributed by atoms with Crippen LogP contribution in [0.25, 0.3) is 0 Å². The summed E-state index contributed by atoms with van der Waals surface area (Å²) in [4.78, 5) is 10.0. The first kappa shape index (κ1) is 18.1. The van der Waals surface area contributed by atoms with Gasteiger partial charge < -0.3 is 22.1 Å². The van der Waals surface area contributed by atoms with E-state index in [9.17, 15) is 8.42 Å². The average molecular weight is 352 g/mol. The summed E-state index contributed by atoms with van der Waals surface area (Å²) in [5.41, 5.74) is 17.3. The minimum atomic E-state index is -3.46. The van der Waals surface area contributed by atoms with Gasteiger partial charge in [0.25, 0.3) is 0 Å². The molecule has 1 unspecified atom stereocenters. The first-order chi connectivity index (χ1) is 11.2. The van der Waals surface area contributed by atoms with Crippen LogP contribution in [0.4, 0.5) is 11.4 Å². The number of benzene rings is 1. The molecule has 1 aliphatic heterocycles. The topological polar surface area (TPSA) is 140 Å². The minimum absolute atomic E-state index is 0.0880. The van der Waals surface area contributed by atoms with E-state index in [0.29, 0.717) is 5.92 Å². The van der Waals surface area contributed by atoms with Crippen LogP contribution >= 0.6 is 0 Å². The molecule has 2 rings (SSSR count). The van der Waals surface area contributed by atoms with E-state index in [4.69, 9.17) is 17.2 Å². The molecule has 8 nitrogen and oxygen atoms in total. The molecule has 1 heterocycles. The fraction of sp³-hybridized carbons (Fsp3) is 0.467. The SMILES string of the molecule is CC1CCCN(c2ccc(S(C)(=O)=O)c(N=C(N)N=C(N)N)c2)C1. The van der Waals surface area contributed by atoms with Gasteiger partial charge in [-0.25, -0.2) is 13.4 Å². The van der Waals surface area contributed by atoms with E-state index in [1.807, 2.05) is 0 Å². The molecule has 0 aliphatic carbocycles. The highest BCUT2D eigenvalue weighted by Crippen LogP contribution is 2.31. The van der Waals surface area contributed by atoms with Crippen LogP contribution in [0.15, 0.2) is 33.1 Å². The van der Waals surface area contributed by atoms with Gasteiger partial charge in [-0.05, 0) is 37.0 Å². The highest BCUT2D eigenvalue weighted by Gasteiger charge is 2.20. The third-order valence-electron chi connectivity index (χ3n) is 3.84. The summed E-state index contributed by atoms with van der Waals surface area (Å²) in [6, 6.07) is 5.05. The van der Waals surface area contributed by atoms with Crippen LogP contribution in [0.1, 0.15) is 19.8 Å². The summed E-state index contributed by atoms with van der Waals surface area (Å²) in [6.45, 7) is 4.05. The zero-order chi connectivity index (χ0) is 17.9. The molecule has 1 aliphatic rings. The third-order valence-corrected chi connectivity index (χ3v) is 4.99. The van der Waals surface area contributed by atoms with Gasteiger partial charge in [-0.15, -0.1) is 0 Å². The van der Waals surface area contributed by atoms with Crippen LogP contribution in [0.2, 0.25) is 0 Å². The average Bonchev–Trinajstić information content (AvgIpc) is 2.45. The lowest BCUT2D eigenvalue weighted by atomic mass is 10.00. The summed E-state index contributed by atoms with van der Waals surface area (Å²) < 4.78 is 24.0.